The fraction of sp³-hybridized carbons (Fsp3) is 0.235. The fourth-order valence-corrected chi connectivity index (χ4v) is 2.07. The van der Waals surface area contributed by atoms with Crippen molar-refractivity contribution >= 4 is 29.0 Å². The zero-order chi connectivity index (χ0) is 16.8. The van der Waals surface area contributed by atoms with Crippen LogP contribution in [0.3, 0.4) is 0 Å². The van der Waals surface area contributed by atoms with Gasteiger partial charge >= 0.3 is 6.03 Å². The molecule has 0 heterocycles. The van der Waals surface area contributed by atoms with E-state index in [-0.39, 0.29) is 6.03 Å². The summed E-state index contributed by atoms with van der Waals surface area (Å²) in [5.41, 5.74) is 1.78. The normalized spacial score (nSPS) is 11.5. The molecule has 0 aromatic heterocycles. The first kappa shape index (κ1) is 17.0. The second-order valence-corrected chi connectivity index (χ2v) is 5.69. The summed E-state index contributed by atoms with van der Waals surface area (Å²) >= 11 is 5.82. The van der Waals surface area contributed by atoms with Gasteiger partial charge in [-0.05, 0) is 55.5 Å². The summed E-state index contributed by atoms with van der Waals surface area (Å²) in [4.78, 5) is 13.9. The van der Waals surface area contributed by atoms with Crippen LogP contribution in [-0.2, 0) is 0 Å². The number of carbonyl (C=O) groups is 1. The summed E-state index contributed by atoms with van der Waals surface area (Å²) in [6.45, 7) is 1.75. The van der Waals surface area contributed by atoms with Crippen molar-refractivity contribution < 1.29 is 9.53 Å². The number of nitrogens with zero attached hydrogens (tertiary/aromatic N) is 1. The van der Waals surface area contributed by atoms with E-state index in [1.54, 1.807) is 31.2 Å². The molecule has 0 saturated carbocycles. The Morgan fingerprint density at radius 3 is 2.26 bits per heavy atom. The Balaban J connectivity index is 1.84. The fourth-order valence-electron chi connectivity index (χ4n) is 1.94. The minimum Gasteiger partial charge on any atom is -0.471 e. The Labute approximate surface area is 141 Å². The Morgan fingerprint density at radius 1 is 1.09 bits per heavy atom. The first-order chi connectivity index (χ1) is 10.9. The average Bonchev–Trinajstić information content (AvgIpc) is 2.50. The molecular formula is C17H20ClN3O2. The van der Waals surface area contributed by atoms with E-state index >= 15 is 0 Å². The lowest BCUT2D eigenvalue weighted by molar-refractivity contribution is 0.183. The van der Waals surface area contributed by atoms with Crippen molar-refractivity contribution in [1.82, 2.24) is 5.32 Å². The molecule has 0 bridgehead atoms. The van der Waals surface area contributed by atoms with Crippen molar-refractivity contribution in [2.24, 2.45) is 0 Å². The Morgan fingerprint density at radius 2 is 1.70 bits per heavy atom. The van der Waals surface area contributed by atoms with Crippen molar-refractivity contribution in [1.29, 1.82) is 0 Å². The molecule has 2 rings (SSSR count). The summed E-state index contributed by atoms with van der Waals surface area (Å²) in [6.07, 6.45) is -0.475. The number of ether oxygens (including phenoxy) is 1. The van der Waals surface area contributed by atoms with E-state index in [4.69, 9.17) is 16.3 Å². The SMILES string of the molecule is CC(NC(=O)Nc1ccc(N(C)C)cc1)Oc1ccc(Cl)cc1. The van der Waals surface area contributed by atoms with Gasteiger partial charge in [-0.15, -0.1) is 0 Å². The molecule has 0 aliphatic rings. The Bertz CT molecular complexity index is 642. The second-order valence-electron chi connectivity index (χ2n) is 5.25. The number of nitrogens with one attached hydrogen (secondary N) is 2. The lowest BCUT2D eigenvalue weighted by Gasteiger charge is -2.17. The maximum absolute atomic E-state index is 12.0. The summed E-state index contributed by atoms with van der Waals surface area (Å²) in [5.74, 6) is 0.637. The van der Waals surface area contributed by atoms with E-state index in [0.29, 0.717) is 16.5 Å². The molecule has 2 aromatic rings. The number of hydrogen-bond donors (Lipinski definition) is 2. The third-order valence-corrected chi connectivity index (χ3v) is 3.35. The van der Waals surface area contributed by atoms with Crippen LogP contribution in [0.1, 0.15) is 6.92 Å². The quantitative estimate of drug-likeness (QED) is 0.814. The van der Waals surface area contributed by atoms with Crippen molar-refractivity contribution in [3.63, 3.8) is 0 Å². The molecule has 0 saturated heterocycles. The van der Waals surface area contributed by atoms with Crippen LogP contribution in [0.4, 0.5) is 16.2 Å². The predicted octanol–water partition coefficient (Wildman–Crippen LogP) is 3.95. The lowest BCUT2D eigenvalue weighted by atomic mass is 10.2. The topological polar surface area (TPSA) is 53.6 Å². The van der Waals surface area contributed by atoms with E-state index in [9.17, 15) is 4.79 Å². The second kappa shape index (κ2) is 7.74. The van der Waals surface area contributed by atoms with Gasteiger partial charge in [0, 0.05) is 30.5 Å². The highest BCUT2D eigenvalue weighted by atomic mass is 35.5. The molecule has 6 heteroatoms. The molecule has 0 spiro atoms. The highest BCUT2D eigenvalue weighted by Crippen LogP contribution is 2.17. The highest BCUT2D eigenvalue weighted by Gasteiger charge is 2.09. The van der Waals surface area contributed by atoms with Crippen LogP contribution in [0.15, 0.2) is 48.5 Å². The highest BCUT2D eigenvalue weighted by molar-refractivity contribution is 6.30. The van der Waals surface area contributed by atoms with Crippen LogP contribution in [0.25, 0.3) is 0 Å². The number of benzene rings is 2. The summed E-state index contributed by atoms with van der Waals surface area (Å²) in [7, 11) is 3.93. The summed E-state index contributed by atoms with van der Waals surface area (Å²) in [6, 6.07) is 14.2. The standard InChI is InChI=1S/C17H20ClN3O2/c1-12(23-16-10-4-13(18)5-11-16)19-17(22)20-14-6-8-15(9-7-14)21(2)3/h4-12H,1-3H3,(H2,19,20,22). The number of urea groups is 1. The zero-order valence-corrected chi connectivity index (χ0v) is 14.1. The molecule has 2 N–H and O–H groups in total. The maximum atomic E-state index is 12.0. The van der Waals surface area contributed by atoms with Crippen LogP contribution >= 0.6 is 11.6 Å². The predicted molar refractivity (Wildman–Crippen MR) is 94.5 cm³/mol. The van der Waals surface area contributed by atoms with Crippen molar-refractivity contribution in [2.75, 3.05) is 24.3 Å². The average molecular weight is 334 g/mol. The van der Waals surface area contributed by atoms with E-state index in [1.807, 2.05) is 43.3 Å². The Hall–Kier alpha value is -2.40. The van der Waals surface area contributed by atoms with Crippen LogP contribution in [0.2, 0.25) is 5.02 Å². The first-order valence-corrected chi connectivity index (χ1v) is 7.59. The summed E-state index contributed by atoms with van der Waals surface area (Å²) < 4.78 is 5.59. The monoisotopic (exact) mass is 333 g/mol. The van der Waals surface area contributed by atoms with Gasteiger partial charge in [0.15, 0.2) is 6.23 Å². The molecule has 0 aliphatic carbocycles. The number of amides is 2. The van der Waals surface area contributed by atoms with Crippen molar-refractivity contribution in [3.05, 3.63) is 53.6 Å². The Kier molecular flexibility index (Phi) is 5.71. The zero-order valence-electron chi connectivity index (χ0n) is 13.3. The van der Waals surface area contributed by atoms with Crippen LogP contribution in [0.5, 0.6) is 5.75 Å². The minimum atomic E-state index is -0.475. The maximum Gasteiger partial charge on any atom is 0.322 e. The smallest absolute Gasteiger partial charge is 0.322 e. The van der Waals surface area contributed by atoms with E-state index in [1.165, 1.54) is 0 Å². The van der Waals surface area contributed by atoms with Gasteiger partial charge in [0.05, 0.1) is 0 Å². The van der Waals surface area contributed by atoms with Gasteiger partial charge < -0.3 is 20.3 Å². The number of hydrogen-bond acceptors (Lipinski definition) is 3. The molecule has 23 heavy (non-hydrogen) atoms. The summed E-state index contributed by atoms with van der Waals surface area (Å²) in [5, 5.41) is 6.11. The number of halogens is 1. The molecule has 0 radical (unpaired) electrons. The number of carbonyl (C=O) groups excluding carboxylic acids is 1. The lowest BCUT2D eigenvalue weighted by Crippen LogP contribution is -2.39. The van der Waals surface area contributed by atoms with Gasteiger partial charge in [-0.2, -0.15) is 0 Å². The molecule has 2 aromatic carbocycles. The van der Waals surface area contributed by atoms with Gasteiger partial charge in [0.1, 0.15) is 5.75 Å². The van der Waals surface area contributed by atoms with E-state index < -0.39 is 6.23 Å². The molecule has 0 fully saturated rings. The van der Waals surface area contributed by atoms with Crippen LogP contribution in [-0.4, -0.2) is 26.4 Å². The first-order valence-electron chi connectivity index (χ1n) is 7.21. The third kappa shape index (κ3) is 5.38. The van der Waals surface area contributed by atoms with Gasteiger partial charge in [-0.1, -0.05) is 11.6 Å². The van der Waals surface area contributed by atoms with Gasteiger partial charge in [0.25, 0.3) is 0 Å². The molecule has 122 valence electrons. The van der Waals surface area contributed by atoms with Crippen molar-refractivity contribution in [2.45, 2.75) is 13.2 Å². The van der Waals surface area contributed by atoms with E-state index in [0.717, 1.165) is 5.69 Å². The number of anilines is 2. The van der Waals surface area contributed by atoms with Crippen LogP contribution < -0.4 is 20.3 Å². The van der Waals surface area contributed by atoms with Gasteiger partial charge in [0.2, 0.25) is 0 Å². The molecule has 0 aliphatic heterocycles. The van der Waals surface area contributed by atoms with E-state index in [2.05, 4.69) is 10.6 Å². The minimum absolute atomic E-state index is 0.330. The molecule has 1 unspecified atom stereocenters. The molecular weight excluding hydrogens is 314 g/mol. The molecule has 1 atom stereocenters. The molecule has 2 amide bonds. The van der Waals surface area contributed by atoms with Gasteiger partial charge in [-0.25, -0.2) is 4.79 Å². The largest absolute Gasteiger partial charge is 0.471 e. The number of rotatable bonds is 5. The van der Waals surface area contributed by atoms with Gasteiger partial charge in [-0.3, -0.25) is 0 Å². The van der Waals surface area contributed by atoms with Crippen molar-refractivity contribution in [3.8, 4) is 5.75 Å². The third-order valence-electron chi connectivity index (χ3n) is 3.10. The van der Waals surface area contributed by atoms with Crippen LogP contribution in [0, 0.1) is 0 Å². The molecule has 5 nitrogen and oxygen atoms in total.